The van der Waals surface area contributed by atoms with Crippen LogP contribution in [0.4, 0.5) is 17.1 Å². The smallest absolute Gasteiger partial charge is 0.116 e. The number of hydrogen-bond acceptors (Lipinski definition) is 3. The molecule has 0 spiro atoms. The highest BCUT2D eigenvalue weighted by atomic mass is 15.2. The molecule has 11 rings (SSSR count). The molecular formula is C44H27N5. The number of hydrogen-bond donors (Lipinski definition) is 0. The number of fused-ring (bicyclic) bond motifs is 9. The van der Waals surface area contributed by atoms with Crippen LogP contribution in [0.2, 0.25) is 0 Å². The van der Waals surface area contributed by atoms with Crippen LogP contribution in [0, 0.1) is 0 Å². The molecule has 0 amide bonds. The molecule has 0 N–H and O–H groups in total. The van der Waals surface area contributed by atoms with E-state index in [4.69, 9.17) is 4.98 Å². The van der Waals surface area contributed by atoms with E-state index < -0.39 is 0 Å². The first-order valence-corrected chi connectivity index (χ1v) is 16.6. The molecule has 3 aromatic heterocycles. The Morgan fingerprint density at radius 1 is 0.449 bits per heavy atom. The minimum absolute atomic E-state index is 0.925. The molecule has 0 atom stereocenters. The van der Waals surface area contributed by atoms with Crippen LogP contribution in [0.3, 0.4) is 0 Å². The fourth-order valence-corrected chi connectivity index (χ4v) is 8.19. The molecule has 7 aromatic carbocycles. The van der Waals surface area contributed by atoms with E-state index in [1.165, 1.54) is 49.0 Å². The summed E-state index contributed by atoms with van der Waals surface area (Å²) in [5.41, 5.74) is 12.2. The molecule has 10 aromatic rings. The molecule has 0 unspecified atom stereocenters. The summed E-state index contributed by atoms with van der Waals surface area (Å²) in [6.07, 6.45) is 3.60. The molecule has 0 bridgehead atoms. The summed E-state index contributed by atoms with van der Waals surface area (Å²) >= 11 is 0. The number of aromatic nitrogens is 4. The van der Waals surface area contributed by atoms with Crippen molar-refractivity contribution in [2.45, 2.75) is 0 Å². The minimum Gasteiger partial charge on any atom is -0.307 e. The van der Waals surface area contributed by atoms with Crippen molar-refractivity contribution in [1.82, 2.24) is 19.1 Å². The van der Waals surface area contributed by atoms with Crippen LogP contribution in [-0.2, 0) is 0 Å². The molecule has 0 saturated carbocycles. The largest absolute Gasteiger partial charge is 0.307 e. The highest BCUT2D eigenvalue weighted by Gasteiger charge is 2.29. The van der Waals surface area contributed by atoms with E-state index in [2.05, 4.69) is 171 Å². The van der Waals surface area contributed by atoms with Gasteiger partial charge in [0.1, 0.15) is 6.33 Å². The molecular weight excluding hydrogens is 599 g/mol. The second-order valence-electron chi connectivity index (χ2n) is 12.7. The lowest BCUT2D eigenvalue weighted by molar-refractivity contribution is 1.12. The quantitative estimate of drug-likeness (QED) is 0.196. The summed E-state index contributed by atoms with van der Waals surface area (Å²) in [5.74, 6) is 0. The monoisotopic (exact) mass is 625 g/mol. The van der Waals surface area contributed by atoms with Crippen molar-refractivity contribution in [3.63, 3.8) is 0 Å². The maximum atomic E-state index is 4.93. The number of rotatable bonds is 3. The van der Waals surface area contributed by atoms with Crippen LogP contribution < -0.4 is 4.90 Å². The SMILES string of the molecule is c1ccc(N2c3cncnc3-c3cc(-n4c5ccccc5c5ccc6c7ccccc7n(-c7ccccc7)c6c54)cc4cccc2c34)cc1. The summed E-state index contributed by atoms with van der Waals surface area (Å²) in [7, 11) is 0. The molecule has 1 aliphatic rings. The van der Waals surface area contributed by atoms with E-state index in [0.29, 0.717) is 0 Å². The zero-order chi connectivity index (χ0) is 32.1. The molecule has 0 saturated heterocycles. The average molecular weight is 626 g/mol. The Balaban J connectivity index is 1.30. The number of anilines is 3. The summed E-state index contributed by atoms with van der Waals surface area (Å²) in [5, 5.41) is 7.28. The van der Waals surface area contributed by atoms with Crippen LogP contribution in [0.5, 0.6) is 0 Å². The summed E-state index contributed by atoms with van der Waals surface area (Å²) in [4.78, 5) is 11.7. The van der Waals surface area contributed by atoms with Gasteiger partial charge in [-0.2, -0.15) is 0 Å². The first-order chi connectivity index (χ1) is 24.3. The lowest BCUT2D eigenvalue weighted by Crippen LogP contribution is -2.16. The van der Waals surface area contributed by atoms with Crippen molar-refractivity contribution < 1.29 is 0 Å². The minimum atomic E-state index is 0.925. The first-order valence-electron chi connectivity index (χ1n) is 16.6. The molecule has 4 heterocycles. The highest BCUT2D eigenvalue weighted by Crippen LogP contribution is 2.51. The Morgan fingerprint density at radius 3 is 1.76 bits per heavy atom. The van der Waals surface area contributed by atoms with Crippen molar-refractivity contribution in [2.75, 3.05) is 4.90 Å². The van der Waals surface area contributed by atoms with Gasteiger partial charge in [-0.05, 0) is 60.0 Å². The predicted molar refractivity (Wildman–Crippen MR) is 202 cm³/mol. The van der Waals surface area contributed by atoms with Gasteiger partial charge in [0, 0.05) is 49.6 Å². The lowest BCUT2D eigenvalue weighted by Gasteiger charge is -2.32. The van der Waals surface area contributed by atoms with E-state index in [1.807, 2.05) is 6.20 Å². The normalized spacial score (nSPS) is 12.4. The van der Waals surface area contributed by atoms with Crippen LogP contribution in [0.1, 0.15) is 0 Å². The van der Waals surface area contributed by atoms with Crippen molar-refractivity contribution in [2.24, 2.45) is 0 Å². The Kier molecular flexibility index (Phi) is 5.32. The van der Waals surface area contributed by atoms with Crippen molar-refractivity contribution in [1.29, 1.82) is 0 Å². The van der Waals surface area contributed by atoms with E-state index >= 15 is 0 Å². The van der Waals surface area contributed by atoms with Gasteiger partial charge in [-0.3, -0.25) is 0 Å². The molecule has 0 aliphatic carbocycles. The Hall–Kier alpha value is -6.72. The van der Waals surface area contributed by atoms with Gasteiger partial charge in [-0.25, -0.2) is 9.97 Å². The van der Waals surface area contributed by atoms with Crippen molar-refractivity contribution >= 4 is 71.4 Å². The zero-order valence-corrected chi connectivity index (χ0v) is 26.3. The fraction of sp³-hybridized carbons (Fsp3) is 0. The first kappa shape index (κ1) is 26.4. The van der Waals surface area contributed by atoms with Crippen LogP contribution in [-0.4, -0.2) is 19.1 Å². The van der Waals surface area contributed by atoms with Crippen LogP contribution >= 0.6 is 0 Å². The van der Waals surface area contributed by atoms with Gasteiger partial charge in [-0.1, -0.05) is 97.1 Å². The predicted octanol–water partition coefficient (Wildman–Crippen LogP) is 11.3. The van der Waals surface area contributed by atoms with Crippen LogP contribution in [0.15, 0.2) is 164 Å². The third kappa shape index (κ3) is 3.59. The van der Waals surface area contributed by atoms with Crippen LogP contribution in [0.25, 0.3) is 77.0 Å². The summed E-state index contributed by atoms with van der Waals surface area (Å²) < 4.78 is 4.91. The van der Waals surface area contributed by atoms with E-state index in [1.54, 1.807) is 6.33 Å². The third-order valence-electron chi connectivity index (χ3n) is 10.1. The van der Waals surface area contributed by atoms with Gasteiger partial charge in [0.05, 0.1) is 45.3 Å². The molecule has 228 valence electrons. The Labute approximate surface area is 281 Å². The number of para-hydroxylation sites is 4. The fourth-order valence-electron chi connectivity index (χ4n) is 8.19. The highest BCUT2D eigenvalue weighted by molar-refractivity contribution is 6.24. The molecule has 0 fully saturated rings. The molecule has 49 heavy (non-hydrogen) atoms. The van der Waals surface area contributed by atoms with Gasteiger partial charge in [0.25, 0.3) is 0 Å². The summed E-state index contributed by atoms with van der Waals surface area (Å²) in [6, 6.07) is 54.6. The Morgan fingerprint density at radius 2 is 1.06 bits per heavy atom. The van der Waals surface area contributed by atoms with E-state index in [-0.39, 0.29) is 0 Å². The standard InChI is InChI=1S/C44H27N5/c1-3-13-29(14-4-1)47-39-21-11-12-28-24-31(25-36(41(28)39)42-40(47)26-45-27-46-42)49-38-20-10-8-18-33(38)35-23-22-34-32-17-7-9-19-37(32)48(43(34)44(35)49)30-15-5-2-6-16-30/h1-27H. The molecule has 5 heteroatoms. The molecule has 0 radical (unpaired) electrons. The average Bonchev–Trinajstić information content (AvgIpc) is 3.69. The third-order valence-corrected chi connectivity index (χ3v) is 10.1. The second kappa shape index (κ2) is 9.89. The number of nitrogens with zero attached hydrogens (tertiary/aromatic N) is 5. The second-order valence-corrected chi connectivity index (χ2v) is 12.7. The van der Waals surface area contributed by atoms with Gasteiger partial charge >= 0.3 is 0 Å². The van der Waals surface area contributed by atoms with Gasteiger partial charge < -0.3 is 14.0 Å². The van der Waals surface area contributed by atoms with E-state index in [9.17, 15) is 0 Å². The maximum absolute atomic E-state index is 4.93. The van der Waals surface area contributed by atoms with Gasteiger partial charge in [0.15, 0.2) is 0 Å². The maximum Gasteiger partial charge on any atom is 0.116 e. The van der Waals surface area contributed by atoms with Gasteiger partial charge in [0.2, 0.25) is 0 Å². The summed E-state index contributed by atoms with van der Waals surface area (Å²) in [6.45, 7) is 0. The van der Waals surface area contributed by atoms with Crippen molar-refractivity contribution in [3.8, 4) is 22.6 Å². The van der Waals surface area contributed by atoms with Crippen molar-refractivity contribution in [3.05, 3.63) is 164 Å². The van der Waals surface area contributed by atoms with Gasteiger partial charge in [-0.15, -0.1) is 0 Å². The topological polar surface area (TPSA) is 38.9 Å². The Bertz CT molecular complexity index is 2940. The number of benzene rings is 7. The molecule has 5 nitrogen and oxygen atoms in total. The molecule has 1 aliphatic heterocycles. The van der Waals surface area contributed by atoms with E-state index in [0.717, 1.165) is 45.1 Å². The lowest BCUT2D eigenvalue weighted by atomic mass is 9.93. The zero-order valence-electron chi connectivity index (χ0n) is 26.3.